The van der Waals surface area contributed by atoms with E-state index in [-0.39, 0.29) is 11.8 Å². The van der Waals surface area contributed by atoms with Crippen LogP contribution < -0.4 is 10.0 Å². The molecule has 0 spiro atoms. The van der Waals surface area contributed by atoms with Gasteiger partial charge in [0.2, 0.25) is 10.0 Å². The number of halogens is 1. The van der Waals surface area contributed by atoms with Gasteiger partial charge in [-0.3, -0.25) is 9.10 Å². The smallest absolute Gasteiger partial charge is 0.268 e. The molecule has 2 heterocycles. The van der Waals surface area contributed by atoms with E-state index in [0.29, 0.717) is 46.2 Å². The van der Waals surface area contributed by atoms with Gasteiger partial charge in [-0.2, -0.15) is 5.10 Å². The number of carbonyl (C=O) groups is 1. The molecule has 2 fully saturated rings. The van der Waals surface area contributed by atoms with Crippen molar-refractivity contribution in [3.63, 3.8) is 0 Å². The lowest BCUT2D eigenvalue weighted by Gasteiger charge is -2.29. The first-order chi connectivity index (χ1) is 16.7. The van der Waals surface area contributed by atoms with Crippen molar-refractivity contribution in [1.29, 1.82) is 0 Å². The lowest BCUT2D eigenvalue weighted by molar-refractivity contribution is -0.0549. The zero-order valence-corrected chi connectivity index (χ0v) is 21.2. The van der Waals surface area contributed by atoms with E-state index >= 15 is 0 Å². The molecule has 8 nitrogen and oxygen atoms in total. The summed E-state index contributed by atoms with van der Waals surface area (Å²) in [6, 6.07) is 10.6. The van der Waals surface area contributed by atoms with Crippen LogP contribution in [-0.2, 0) is 21.2 Å². The third kappa shape index (κ3) is 5.17. The molecule has 0 bridgehead atoms. The summed E-state index contributed by atoms with van der Waals surface area (Å²) < 4.78 is 34.3. The van der Waals surface area contributed by atoms with Crippen LogP contribution >= 0.6 is 11.6 Å². The van der Waals surface area contributed by atoms with Crippen molar-refractivity contribution >= 4 is 44.1 Å². The highest BCUT2D eigenvalue weighted by Crippen LogP contribution is 2.39. The van der Waals surface area contributed by atoms with Crippen LogP contribution in [-0.4, -0.2) is 49.6 Å². The summed E-state index contributed by atoms with van der Waals surface area (Å²) in [5.74, 6) is -0.0904. The SMILES string of the molecule is CS(=O)(=O)N(CCCC1CCO1)c1cc2nn(-c3ccc(Cl)cc3)c(C(N)=O)c2cc1CC1CC1. The Balaban J connectivity index is 1.61. The fourth-order valence-electron chi connectivity index (χ4n) is 4.64. The molecule has 186 valence electrons. The highest BCUT2D eigenvalue weighted by Gasteiger charge is 2.29. The molecule has 2 aliphatic rings. The van der Waals surface area contributed by atoms with E-state index < -0.39 is 15.9 Å². The topological polar surface area (TPSA) is 108 Å². The van der Waals surface area contributed by atoms with Gasteiger partial charge in [-0.05, 0) is 86.4 Å². The lowest BCUT2D eigenvalue weighted by atomic mass is 10.0. The van der Waals surface area contributed by atoms with Gasteiger partial charge in [0.15, 0.2) is 0 Å². The molecular formula is C25H29ClN4O4S. The highest BCUT2D eigenvalue weighted by atomic mass is 35.5. The van der Waals surface area contributed by atoms with Crippen LogP contribution in [0.4, 0.5) is 5.69 Å². The molecule has 1 aliphatic carbocycles. The monoisotopic (exact) mass is 516 g/mol. The van der Waals surface area contributed by atoms with Crippen molar-refractivity contribution in [2.24, 2.45) is 11.7 Å². The number of benzene rings is 2. The summed E-state index contributed by atoms with van der Waals surface area (Å²) in [5.41, 5.74) is 8.73. The molecule has 1 aliphatic heterocycles. The number of rotatable bonds is 10. The van der Waals surface area contributed by atoms with Gasteiger partial charge in [-0.1, -0.05) is 11.6 Å². The molecule has 1 amide bonds. The van der Waals surface area contributed by atoms with Crippen LogP contribution in [0.5, 0.6) is 0 Å². The number of anilines is 1. The maximum Gasteiger partial charge on any atom is 0.268 e. The molecule has 2 N–H and O–H groups in total. The van der Waals surface area contributed by atoms with Crippen LogP contribution in [0.25, 0.3) is 16.6 Å². The first-order valence-electron chi connectivity index (χ1n) is 11.9. The minimum Gasteiger partial charge on any atom is -0.378 e. The predicted octanol–water partition coefficient (Wildman–Crippen LogP) is 4.07. The van der Waals surface area contributed by atoms with Gasteiger partial charge in [0.1, 0.15) is 5.69 Å². The summed E-state index contributed by atoms with van der Waals surface area (Å²) in [7, 11) is -3.54. The molecule has 10 heteroatoms. The Labute approximate surface area is 210 Å². The Hall–Kier alpha value is -2.62. The Morgan fingerprint density at radius 3 is 2.51 bits per heavy atom. The molecular weight excluding hydrogens is 488 g/mol. The summed E-state index contributed by atoms with van der Waals surface area (Å²) in [5, 5.41) is 5.84. The number of aromatic nitrogens is 2. The summed E-state index contributed by atoms with van der Waals surface area (Å²) in [4.78, 5) is 12.5. The van der Waals surface area contributed by atoms with Gasteiger partial charge in [-0.15, -0.1) is 0 Å². The van der Waals surface area contributed by atoms with Crippen LogP contribution in [0.3, 0.4) is 0 Å². The average Bonchev–Trinajstić information content (AvgIpc) is 3.49. The number of hydrogen-bond acceptors (Lipinski definition) is 5. The molecule has 5 rings (SSSR count). The van der Waals surface area contributed by atoms with Crippen molar-refractivity contribution in [3.8, 4) is 5.69 Å². The fraction of sp³-hybridized carbons (Fsp3) is 0.440. The molecule has 3 aromatic rings. The molecule has 1 saturated heterocycles. The quantitative estimate of drug-likeness (QED) is 0.437. The van der Waals surface area contributed by atoms with Gasteiger partial charge in [0.25, 0.3) is 5.91 Å². The number of amides is 1. The number of ether oxygens (including phenoxy) is 1. The zero-order valence-electron chi connectivity index (χ0n) is 19.6. The lowest BCUT2D eigenvalue weighted by Crippen LogP contribution is -2.33. The average molecular weight is 517 g/mol. The van der Waals surface area contributed by atoms with E-state index in [1.807, 2.05) is 6.07 Å². The fourth-order valence-corrected chi connectivity index (χ4v) is 5.75. The second kappa shape index (κ2) is 9.44. The van der Waals surface area contributed by atoms with E-state index in [9.17, 15) is 13.2 Å². The largest absolute Gasteiger partial charge is 0.378 e. The Bertz CT molecular complexity index is 1360. The van der Waals surface area contributed by atoms with E-state index in [4.69, 9.17) is 22.1 Å². The van der Waals surface area contributed by atoms with Gasteiger partial charge < -0.3 is 10.5 Å². The maximum absolute atomic E-state index is 12.9. The molecule has 1 unspecified atom stereocenters. The number of fused-ring (bicyclic) bond motifs is 1. The first kappa shape index (κ1) is 24.1. The number of nitrogens with two attached hydrogens (primary N) is 1. The Kier molecular flexibility index (Phi) is 6.50. The molecule has 1 atom stereocenters. The van der Waals surface area contributed by atoms with E-state index in [2.05, 4.69) is 5.10 Å². The first-order valence-corrected chi connectivity index (χ1v) is 14.1. The Morgan fingerprint density at radius 1 is 1.23 bits per heavy atom. The minimum absolute atomic E-state index is 0.220. The third-order valence-corrected chi connectivity index (χ3v) is 8.16. The van der Waals surface area contributed by atoms with Crippen molar-refractivity contribution < 1.29 is 17.9 Å². The third-order valence-electron chi connectivity index (χ3n) is 6.73. The standard InChI is InChI=1S/C25H29ClN4O4S/c1-35(32,33)29(11-2-3-20-10-12-34-20)23-15-22-21(14-17(23)13-16-4-5-16)24(25(27)31)30(28-22)19-8-6-18(26)7-9-19/h6-9,14-16,20H,2-5,10-13H2,1H3,(H2,27,31). The van der Waals surface area contributed by atoms with Crippen molar-refractivity contribution in [2.45, 2.75) is 44.6 Å². The van der Waals surface area contributed by atoms with Crippen LogP contribution in [0.15, 0.2) is 36.4 Å². The number of nitrogens with zero attached hydrogens (tertiary/aromatic N) is 3. The van der Waals surface area contributed by atoms with Gasteiger partial charge in [-0.25, -0.2) is 13.1 Å². The molecule has 2 aromatic carbocycles. The molecule has 1 aromatic heterocycles. The summed E-state index contributed by atoms with van der Waals surface area (Å²) >= 11 is 6.04. The van der Waals surface area contributed by atoms with Crippen molar-refractivity contribution in [2.75, 3.05) is 23.7 Å². The normalized spacial score (nSPS) is 17.9. The minimum atomic E-state index is -3.54. The number of carbonyl (C=O) groups excluding carboxylic acids is 1. The second-order valence-corrected chi connectivity index (χ2v) is 11.8. The predicted molar refractivity (Wildman–Crippen MR) is 137 cm³/mol. The molecule has 35 heavy (non-hydrogen) atoms. The number of sulfonamides is 1. The zero-order chi connectivity index (χ0) is 24.7. The van der Waals surface area contributed by atoms with Gasteiger partial charge in [0.05, 0.1) is 29.3 Å². The molecule has 1 saturated carbocycles. The van der Waals surface area contributed by atoms with Gasteiger partial charge >= 0.3 is 0 Å². The van der Waals surface area contributed by atoms with Crippen molar-refractivity contribution in [3.05, 3.63) is 52.7 Å². The Morgan fingerprint density at radius 2 is 1.94 bits per heavy atom. The van der Waals surface area contributed by atoms with Crippen molar-refractivity contribution in [1.82, 2.24) is 9.78 Å². The van der Waals surface area contributed by atoms with Crippen LogP contribution in [0, 0.1) is 5.92 Å². The highest BCUT2D eigenvalue weighted by molar-refractivity contribution is 7.92. The van der Waals surface area contributed by atoms with E-state index in [0.717, 1.165) is 44.3 Å². The number of primary amides is 1. The summed E-state index contributed by atoms with van der Waals surface area (Å²) in [6.07, 6.45) is 6.97. The van der Waals surface area contributed by atoms with E-state index in [1.165, 1.54) is 15.2 Å². The maximum atomic E-state index is 12.9. The number of hydrogen-bond donors (Lipinski definition) is 1. The summed E-state index contributed by atoms with van der Waals surface area (Å²) in [6.45, 7) is 1.14. The van der Waals surface area contributed by atoms with Crippen LogP contribution in [0.1, 0.15) is 48.2 Å². The molecule has 0 radical (unpaired) electrons. The van der Waals surface area contributed by atoms with Crippen LogP contribution in [0.2, 0.25) is 5.02 Å². The van der Waals surface area contributed by atoms with Gasteiger partial charge in [0, 0.05) is 23.6 Å². The van der Waals surface area contributed by atoms with E-state index in [1.54, 1.807) is 30.3 Å². The second-order valence-electron chi connectivity index (χ2n) is 9.51.